The van der Waals surface area contributed by atoms with Gasteiger partial charge >= 0.3 is 0 Å². The number of nitrogens with zero attached hydrogens (tertiary/aromatic N) is 3. The Bertz CT molecular complexity index is 282. The third kappa shape index (κ3) is 2.68. The minimum absolute atomic E-state index is 0.0189. The first-order valence-electron chi connectivity index (χ1n) is 3.91. The number of aliphatic hydroxyl groups excluding tert-OH is 2. The number of aromatic nitrogens is 3. The highest BCUT2D eigenvalue weighted by molar-refractivity contribution is 5.37. The summed E-state index contributed by atoms with van der Waals surface area (Å²) in [5.41, 5.74) is 10.6. The van der Waals surface area contributed by atoms with E-state index in [-0.39, 0.29) is 31.1 Å². The zero-order valence-electron chi connectivity index (χ0n) is 7.38. The molecule has 0 saturated heterocycles. The quantitative estimate of drug-likeness (QED) is 0.368. The van der Waals surface area contributed by atoms with Gasteiger partial charge in [-0.05, 0) is 0 Å². The Labute approximate surface area is 80.0 Å². The Balaban J connectivity index is 2.75. The fourth-order valence-electron chi connectivity index (χ4n) is 0.806. The van der Waals surface area contributed by atoms with E-state index in [9.17, 15) is 0 Å². The molecule has 14 heavy (non-hydrogen) atoms. The average Bonchev–Trinajstić information content (AvgIpc) is 2.12. The molecule has 0 spiro atoms. The number of nitrogens with one attached hydrogen (secondary N) is 1. The summed E-state index contributed by atoms with van der Waals surface area (Å²) in [5, 5.41) is 20.2. The summed E-state index contributed by atoms with van der Waals surface area (Å²) in [4.78, 5) is 11.0. The molecule has 1 heterocycles. The van der Waals surface area contributed by atoms with Crippen molar-refractivity contribution in [1.29, 1.82) is 0 Å². The van der Waals surface area contributed by atoms with Crippen LogP contribution in [0.25, 0.3) is 0 Å². The molecular weight excluding hydrogens is 188 g/mol. The highest BCUT2D eigenvalue weighted by atomic mass is 16.3. The van der Waals surface area contributed by atoms with Crippen LogP contribution in [0.5, 0.6) is 0 Å². The van der Waals surface area contributed by atoms with E-state index in [4.69, 9.17) is 21.7 Å². The summed E-state index contributed by atoms with van der Waals surface area (Å²) in [6.45, 7) is -0.496. The Morgan fingerprint density at radius 1 is 1.07 bits per heavy atom. The lowest BCUT2D eigenvalue weighted by Gasteiger charge is -2.12. The molecule has 0 atom stereocenters. The van der Waals surface area contributed by atoms with Crippen molar-refractivity contribution in [2.45, 2.75) is 6.04 Å². The van der Waals surface area contributed by atoms with Crippen molar-refractivity contribution >= 4 is 17.8 Å². The second kappa shape index (κ2) is 4.53. The van der Waals surface area contributed by atoms with E-state index in [0.29, 0.717) is 0 Å². The van der Waals surface area contributed by atoms with E-state index >= 15 is 0 Å². The smallest absolute Gasteiger partial charge is 0.229 e. The maximum absolute atomic E-state index is 8.77. The predicted octanol–water partition coefficient (Wildman–Crippen LogP) is -2.20. The molecule has 8 nitrogen and oxygen atoms in total. The van der Waals surface area contributed by atoms with Crippen LogP contribution in [0.15, 0.2) is 0 Å². The molecule has 1 aromatic rings. The van der Waals surface area contributed by atoms with Crippen LogP contribution in [-0.2, 0) is 0 Å². The Morgan fingerprint density at radius 2 is 1.57 bits per heavy atom. The van der Waals surface area contributed by atoms with Crippen molar-refractivity contribution in [2.24, 2.45) is 0 Å². The first-order chi connectivity index (χ1) is 6.65. The number of nitrogen functional groups attached to an aromatic ring is 2. The second-order valence-electron chi connectivity index (χ2n) is 2.58. The van der Waals surface area contributed by atoms with E-state index in [0.717, 1.165) is 0 Å². The molecule has 1 rings (SSSR count). The van der Waals surface area contributed by atoms with Gasteiger partial charge in [0.2, 0.25) is 17.8 Å². The van der Waals surface area contributed by atoms with E-state index in [2.05, 4.69) is 20.3 Å². The van der Waals surface area contributed by atoms with Crippen molar-refractivity contribution in [1.82, 2.24) is 15.0 Å². The second-order valence-corrected chi connectivity index (χ2v) is 2.58. The Kier molecular flexibility index (Phi) is 3.37. The summed E-state index contributed by atoms with van der Waals surface area (Å²) in [6.07, 6.45) is 0. The number of anilines is 3. The van der Waals surface area contributed by atoms with Crippen LogP contribution in [0.4, 0.5) is 17.8 Å². The zero-order chi connectivity index (χ0) is 10.6. The van der Waals surface area contributed by atoms with Gasteiger partial charge in [-0.3, -0.25) is 0 Å². The van der Waals surface area contributed by atoms with Crippen molar-refractivity contribution < 1.29 is 10.2 Å². The third-order valence-electron chi connectivity index (χ3n) is 1.44. The van der Waals surface area contributed by atoms with Crippen LogP contribution in [0.2, 0.25) is 0 Å². The average molecular weight is 200 g/mol. The van der Waals surface area contributed by atoms with Crippen molar-refractivity contribution in [3.63, 3.8) is 0 Å². The largest absolute Gasteiger partial charge is 0.394 e. The zero-order valence-corrected chi connectivity index (χ0v) is 7.38. The van der Waals surface area contributed by atoms with Crippen LogP contribution in [0, 0.1) is 0 Å². The van der Waals surface area contributed by atoms with Gasteiger partial charge in [-0.1, -0.05) is 0 Å². The van der Waals surface area contributed by atoms with Gasteiger partial charge in [0.15, 0.2) is 0 Å². The molecule has 0 unspecified atom stereocenters. The standard InChI is InChI=1S/C6H12N6O2/c7-4-10-5(8)12-6(11-4)9-3(1-13)2-14/h3,13-14H,1-2H2,(H5,7,8,9,10,11,12). The summed E-state index contributed by atoms with van der Waals surface area (Å²) < 4.78 is 0. The molecule has 78 valence electrons. The first kappa shape index (κ1) is 10.4. The van der Waals surface area contributed by atoms with Gasteiger partial charge in [0.1, 0.15) is 0 Å². The summed E-state index contributed by atoms with van der Waals surface area (Å²) in [5.74, 6) is 0.0901. The molecule has 0 radical (unpaired) electrons. The molecule has 0 aliphatic rings. The van der Waals surface area contributed by atoms with Crippen LogP contribution in [0.3, 0.4) is 0 Å². The van der Waals surface area contributed by atoms with Gasteiger partial charge in [-0.2, -0.15) is 15.0 Å². The molecule has 0 bridgehead atoms. The number of rotatable bonds is 4. The molecule has 0 amide bonds. The Morgan fingerprint density at radius 3 is 2.00 bits per heavy atom. The summed E-state index contributed by atoms with van der Waals surface area (Å²) >= 11 is 0. The van der Waals surface area contributed by atoms with Crippen molar-refractivity contribution in [3.05, 3.63) is 0 Å². The lowest BCUT2D eigenvalue weighted by molar-refractivity contribution is 0.203. The fourth-order valence-corrected chi connectivity index (χ4v) is 0.806. The maximum Gasteiger partial charge on any atom is 0.229 e. The van der Waals surface area contributed by atoms with Crippen LogP contribution < -0.4 is 16.8 Å². The SMILES string of the molecule is Nc1nc(N)nc(NC(CO)CO)n1. The van der Waals surface area contributed by atoms with Gasteiger partial charge in [-0.15, -0.1) is 0 Å². The Hall–Kier alpha value is -1.67. The normalized spacial score (nSPS) is 10.5. The lowest BCUT2D eigenvalue weighted by Crippen LogP contribution is -2.29. The summed E-state index contributed by atoms with van der Waals surface area (Å²) in [6, 6.07) is -0.545. The highest BCUT2D eigenvalue weighted by Gasteiger charge is 2.08. The molecule has 0 fully saturated rings. The van der Waals surface area contributed by atoms with Gasteiger partial charge < -0.3 is 27.0 Å². The molecule has 8 heteroatoms. The molecule has 0 aliphatic carbocycles. The molecule has 1 aromatic heterocycles. The van der Waals surface area contributed by atoms with Crippen molar-refractivity contribution in [2.75, 3.05) is 30.0 Å². The highest BCUT2D eigenvalue weighted by Crippen LogP contribution is 2.04. The molecule has 0 aromatic carbocycles. The number of hydrogen-bond acceptors (Lipinski definition) is 8. The van der Waals surface area contributed by atoms with E-state index in [1.807, 2.05) is 0 Å². The third-order valence-corrected chi connectivity index (χ3v) is 1.44. The minimum atomic E-state index is -0.545. The number of aliphatic hydroxyl groups is 2. The van der Waals surface area contributed by atoms with Gasteiger partial charge in [0.05, 0.1) is 19.3 Å². The monoisotopic (exact) mass is 200 g/mol. The molecule has 7 N–H and O–H groups in total. The van der Waals surface area contributed by atoms with E-state index in [1.54, 1.807) is 0 Å². The van der Waals surface area contributed by atoms with Gasteiger partial charge in [0.25, 0.3) is 0 Å². The molecule has 0 aliphatic heterocycles. The van der Waals surface area contributed by atoms with E-state index < -0.39 is 6.04 Å². The maximum atomic E-state index is 8.77. The van der Waals surface area contributed by atoms with E-state index in [1.165, 1.54) is 0 Å². The minimum Gasteiger partial charge on any atom is -0.394 e. The first-order valence-corrected chi connectivity index (χ1v) is 3.91. The number of nitrogens with two attached hydrogens (primary N) is 2. The summed E-state index contributed by atoms with van der Waals surface area (Å²) in [7, 11) is 0. The van der Waals surface area contributed by atoms with Gasteiger partial charge in [-0.25, -0.2) is 0 Å². The predicted molar refractivity (Wildman–Crippen MR) is 50.2 cm³/mol. The molecule has 0 saturated carbocycles. The fraction of sp³-hybridized carbons (Fsp3) is 0.500. The van der Waals surface area contributed by atoms with Crippen LogP contribution in [-0.4, -0.2) is 44.4 Å². The number of hydrogen-bond donors (Lipinski definition) is 5. The van der Waals surface area contributed by atoms with Gasteiger partial charge in [0, 0.05) is 0 Å². The van der Waals surface area contributed by atoms with Crippen molar-refractivity contribution in [3.8, 4) is 0 Å². The van der Waals surface area contributed by atoms with Crippen LogP contribution in [0.1, 0.15) is 0 Å². The molecular formula is C6H12N6O2. The van der Waals surface area contributed by atoms with Crippen LogP contribution >= 0.6 is 0 Å². The lowest BCUT2D eigenvalue weighted by atomic mass is 10.3. The topological polar surface area (TPSA) is 143 Å².